The molecule has 1 saturated heterocycles. The number of phenols is 1. The van der Waals surface area contributed by atoms with E-state index in [1.54, 1.807) is 4.72 Å². The van der Waals surface area contributed by atoms with Gasteiger partial charge in [-0.15, -0.1) is 0 Å². The molecule has 1 aromatic rings. The smallest absolute Gasteiger partial charge is 0.326 e. The number of aromatic hydroxyl groups is 1. The first-order chi connectivity index (χ1) is 9.64. The van der Waals surface area contributed by atoms with E-state index in [1.165, 1.54) is 25.1 Å². The van der Waals surface area contributed by atoms with Crippen molar-refractivity contribution in [2.24, 2.45) is 0 Å². The third-order valence-electron chi connectivity index (χ3n) is 2.96. The van der Waals surface area contributed by atoms with Crippen molar-refractivity contribution < 1.29 is 26.7 Å². The summed E-state index contributed by atoms with van der Waals surface area (Å²) in [5.41, 5.74) is 0.264. The van der Waals surface area contributed by atoms with E-state index in [-0.39, 0.29) is 17.2 Å². The Bertz CT molecular complexity index is 785. The molecular formula is C11H14N2O6S2. The molecule has 0 aromatic heterocycles. The number of hydrogen-bond acceptors (Lipinski definition) is 6. The molecule has 0 atom stereocenters. The lowest BCUT2D eigenvalue weighted by Gasteiger charge is -2.16. The Labute approximate surface area is 122 Å². The normalized spacial score (nSPS) is 17.8. The fourth-order valence-electron chi connectivity index (χ4n) is 1.89. The van der Waals surface area contributed by atoms with Gasteiger partial charge in [0.2, 0.25) is 0 Å². The van der Waals surface area contributed by atoms with E-state index in [1.807, 2.05) is 0 Å². The first-order valence-electron chi connectivity index (χ1n) is 6.00. The summed E-state index contributed by atoms with van der Waals surface area (Å²) < 4.78 is 48.9. The van der Waals surface area contributed by atoms with E-state index in [0.717, 1.165) is 4.31 Å². The summed E-state index contributed by atoms with van der Waals surface area (Å²) in [5, 5.41) is 9.90. The van der Waals surface area contributed by atoms with Gasteiger partial charge in [0.05, 0.1) is 11.4 Å². The number of rotatable bonds is 4. The first-order valence-corrected chi connectivity index (χ1v) is 9.26. The molecule has 0 unspecified atom stereocenters. The fourth-order valence-corrected chi connectivity index (χ4v) is 3.94. The number of carbonyl (C=O) groups is 1. The third-order valence-corrected chi connectivity index (χ3v) is 6.00. The highest BCUT2D eigenvalue weighted by Gasteiger charge is 2.35. The fraction of sp³-hybridized carbons (Fsp3) is 0.364. The summed E-state index contributed by atoms with van der Waals surface area (Å²) in [6.45, 7) is 1.08. The van der Waals surface area contributed by atoms with Crippen LogP contribution in [0.15, 0.2) is 18.2 Å². The molecule has 10 heteroatoms. The molecule has 21 heavy (non-hydrogen) atoms. The van der Waals surface area contributed by atoms with Gasteiger partial charge in [-0.1, -0.05) is 13.0 Å². The summed E-state index contributed by atoms with van der Waals surface area (Å²) in [4.78, 5) is 11.2. The SMILES string of the molecule is CCS(=O)(=O)Cc1ccc(N2CC(=O)NS2(=O)=O)c(O)c1. The minimum absolute atomic E-state index is 0.0333. The maximum absolute atomic E-state index is 11.7. The van der Waals surface area contributed by atoms with Gasteiger partial charge in [-0.25, -0.2) is 17.4 Å². The molecule has 0 spiro atoms. The van der Waals surface area contributed by atoms with E-state index < -0.39 is 38.2 Å². The molecule has 1 aliphatic rings. The maximum atomic E-state index is 11.7. The van der Waals surface area contributed by atoms with Crippen molar-refractivity contribution in [3.63, 3.8) is 0 Å². The van der Waals surface area contributed by atoms with Gasteiger partial charge in [0.1, 0.15) is 12.3 Å². The van der Waals surface area contributed by atoms with Gasteiger partial charge < -0.3 is 5.11 Å². The zero-order chi connectivity index (χ0) is 15.8. The van der Waals surface area contributed by atoms with Gasteiger partial charge in [0.15, 0.2) is 9.84 Å². The second-order valence-electron chi connectivity index (χ2n) is 4.54. The zero-order valence-electron chi connectivity index (χ0n) is 11.1. The van der Waals surface area contributed by atoms with Crippen molar-refractivity contribution in [1.29, 1.82) is 0 Å². The minimum atomic E-state index is -4.01. The van der Waals surface area contributed by atoms with Crippen molar-refractivity contribution in [3.8, 4) is 5.75 Å². The molecule has 1 aromatic carbocycles. The predicted octanol–water partition coefficient (Wildman–Crippen LogP) is -0.492. The van der Waals surface area contributed by atoms with Gasteiger partial charge in [-0.05, 0) is 17.7 Å². The monoisotopic (exact) mass is 334 g/mol. The third kappa shape index (κ3) is 3.27. The molecule has 1 aliphatic heterocycles. The summed E-state index contributed by atoms with van der Waals surface area (Å²) in [7, 11) is -7.27. The number of phenolic OH excluding ortho intramolecular Hbond substituents is 1. The standard InChI is InChI=1S/C11H14N2O6S2/c1-2-20(16,17)7-8-3-4-9(10(14)5-8)13-6-11(15)12-21(13,18)19/h3-5,14H,2,6-7H2,1H3,(H,12,15). The van der Waals surface area contributed by atoms with Crippen molar-refractivity contribution in [1.82, 2.24) is 4.72 Å². The lowest BCUT2D eigenvalue weighted by atomic mass is 10.2. The van der Waals surface area contributed by atoms with Gasteiger partial charge in [0.25, 0.3) is 5.91 Å². The van der Waals surface area contributed by atoms with Crippen molar-refractivity contribution in [2.45, 2.75) is 12.7 Å². The molecule has 0 saturated carbocycles. The molecule has 2 rings (SSSR count). The lowest BCUT2D eigenvalue weighted by Crippen LogP contribution is -2.29. The Morgan fingerprint density at radius 3 is 2.52 bits per heavy atom. The number of sulfone groups is 1. The average Bonchev–Trinajstić information content (AvgIpc) is 2.62. The number of benzene rings is 1. The van der Waals surface area contributed by atoms with Gasteiger partial charge >= 0.3 is 10.2 Å². The molecule has 2 N–H and O–H groups in total. The Morgan fingerprint density at radius 1 is 1.38 bits per heavy atom. The lowest BCUT2D eigenvalue weighted by molar-refractivity contribution is -0.117. The summed E-state index contributed by atoms with van der Waals surface area (Å²) in [5.74, 6) is -1.39. The average molecular weight is 334 g/mol. The first kappa shape index (κ1) is 15.6. The van der Waals surface area contributed by atoms with Gasteiger partial charge in [-0.3, -0.25) is 4.79 Å². The molecule has 116 valence electrons. The summed E-state index contributed by atoms with van der Waals surface area (Å²) >= 11 is 0. The van der Waals surface area contributed by atoms with Crippen LogP contribution in [0.25, 0.3) is 0 Å². The topological polar surface area (TPSA) is 121 Å². The van der Waals surface area contributed by atoms with Crippen molar-refractivity contribution in [3.05, 3.63) is 23.8 Å². The van der Waals surface area contributed by atoms with E-state index in [9.17, 15) is 26.7 Å². The molecule has 8 nitrogen and oxygen atoms in total. The number of anilines is 1. The molecular weight excluding hydrogens is 320 g/mol. The molecule has 0 aliphatic carbocycles. The quantitative estimate of drug-likeness (QED) is 0.766. The van der Waals surface area contributed by atoms with Crippen LogP contribution in [0.4, 0.5) is 5.69 Å². The minimum Gasteiger partial charge on any atom is -0.506 e. The molecule has 1 fully saturated rings. The predicted molar refractivity (Wildman–Crippen MR) is 75.7 cm³/mol. The van der Waals surface area contributed by atoms with E-state index >= 15 is 0 Å². The second kappa shape index (κ2) is 5.19. The van der Waals surface area contributed by atoms with Crippen LogP contribution in [-0.4, -0.2) is 40.1 Å². The van der Waals surface area contributed by atoms with Crippen LogP contribution in [-0.2, 0) is 30.6 Å². The Morgan fingerprint density at radius 2 is 2.05 bits per heavy atom. The van der Waals surface area contributed by atoms with E-state index in [0.29, 0.717) is 5.56 Å². The Kier molecular flexibility index (Phi) is 3.85. The number of carbonyl (C=O) groups excluding carboxylic acids is 1. The second-order valence-corrected chi connectivity index (χ2v) is 8.48. The molecule has 1 heterocycles. The summed E-state index contributed by atoms with van der Waals surface area (Å²) in [6.07, 6.45) is 0. The van der Waals surface area contributed by atoms with Crippen LogP contribution in [0.5, 0.6) is 5.75 Å². The number of amides is 1. The van der Waals surface area contributed by atoms with Gasteiger partial charge in [-0.2, -0.15) is 8.42 Å². The number of hydrogen-bond donors (Lipinski definition) is 2. The van der Waals surface area contributed by atoms with Crippen LogP contribution in [0.1, 0.15) is 12.5 Å². The van der Waals surface area contributed by atoms with E-state index in [4.69, 9.17) is 0 Å². The summed E-state index contributed by atoms with van der Waals surface area (Å²) in [6, 6.07) is 3.86. The maximum Gasteiger partial charge on any atom is 0.326 e. The van der Waals surface area contributed by atoms with Crippen LogP contribution < -0.4 is 9.03 Å². The van der Waals surface area contributed by atoms with Crippen molar-refractivity contribution in [2.75, 3.05) is 16.6 Å². The molecule has 0 bridgehead atoms. The van der Waals surface area contributed by atoms with E-state index in [2.05, 4.69) is 0 Å². The van der Waals surface area contributed by atoms with Crippen molar-refractivity contribution >= 4 is 31.6 Å². The number of nitrogens with one attached hydrogen (secondary N) is 1. The Balaban J connectivity index is 2.35. The zero-order valence-corrected chi connectivity index (χ0v) is 12.7. The largest absolute Gasteiger partial charge is 0.506 e. The van der Waals surface area contributed by atoms with Crippen LogP contribution >= 0.6 is 0 Å². The molecule has 0 radical (unpaired) electrons. The van der Waals surface area contributed by atoms with Gasteiger partial charge in [0, 0.05) is 5.75 Å². The molecule has 1 amide bonds. The highest BCUT2D eigenvalue weighted by molar-refractivity contribution is 7.92. The highest BCUT2D eigenvalue weighted by Crippen LogP contribution is 2.31. The van der Waals surface area contributed by atoms with Crippen LogP contribution in [0, 0.1) is 0 Å². The highest BCUT2D eigenvalue weighted by atomic mass is 32.2. The van der Waals surface area contributed by atoms with Crippen LogP contribution in [0.2, 0.25) is 0 Å². The van der Waals surface area contributed by atoms with Crippen LogP contribution in [0.3, 0.4) is 0 Å². The number of nitrogens with zero attached hydrogens (tertiary/aromatic N) is 1. The Hall–Kier alpha value is -1.81.